The summed E-state index contributed by atoms with van der Waals surface area (Å²) in [5.41, 5.74) is 7.42. The van der Waals surface area contributed by atoms with E-state index in [-0.39, 0.29) is 0 Å². The second-order valence-corrected chi connectivity index (χ2v) is 6.90. The highest BCUT2D eigenvalue weighted by Crippen LogP contribution is 2.37. The fraction of sp³-hybridized carbons (Fsp3) is 0.190. The van der Waals surface area contributed by atoms with Gasteiger partial charge in [0.25, 0.3) is 0 Å². The molecule has 1 aromatic heterocycles. The summed E-state index contributed by atoms with van der Waals surface area (Å²) in [4.78, 5) is 5.08. The lowest BCUT2D eigenvalue weighted by Crippen LogP contribution is -2.07. The predicted molar refractivity (Wildman–Crippen MR) is 99.5 cm³/mol. The number of nitrogens with zero attached hydrogens (tertiary/aromatic N) is 1. The lowest BCUT2D eigenvalue weighted by Gasteiger charge is -2.19. The van der Waals surface area contributed by atoms with E-state index in [2.05, 4.69) is 76.6 Å². The topological polar surface area (TPSA) is 12.9 Å². The second kappa shape index (κ2) is 6.29. The smallest absolute Gasteiger partial charge is 0.0784 e. The molecule has 1 aliphatic rings. The molecule has 2 heteroatoms. The highest BCUT2D eigenvalue weighted by atomic mass is 79.9. The molecule has 0 saturated heterocycles. The Kier molecular flexibility index (Phi) is 4.00. The van der Waals surface area contributed by atoms with E-state index < -0.39 is 0 Å². The quantitative estimate of drug-likeness (QED) is 0.539. The van der Waals surface area contributed by atoms with Crippen LogP contribution in [0.1, 0.15) is 24.1 Å². The third-order valence-electron chi connectivity index (χ3n) is 4.51. The molecule has 1 nitrogen and oxygen atoms in total. The van der Waals surface area contributed by atoms with Gasteiger partial charge in [-0.3, -0.25) is 4.98 Å². The van der Waals surface area contributed by atoms with Crippen LogP contribution in [0, 0.1) is 0 Å². The molecular weight excluding hydrogens is 346 g/mol. The summed E-state index contributed by atoms with van der Waals surface area (Å²) >= 11 is 3.71. The Bertz CT molecular complexity index is 840. The van der Waals surface area contributed by atoms with Crippen molar-refractivity contribution in [3.05, 3.63) is 76.4 Å². The molecule has 23 heavy (non-hydrogen) atoms. The van der Waals surface area contributed by atoms with E-state index in [0.29, 0.717) is 0 Å². The van der Waals surface area contributed by atoms with Crippen molar-refractivity contribution < 1.29 is 0 Å². The van der Waals surface area contributed by atoms with Gasteiger partial charge in [0.2, 0.25) is 0 Å². The lowest BCUT2D eigenvalue weighted by atomic mass is 9.90. The maximum atomic E-state index is 5.08. The molecule has 0 fully saturated rings. The van der Waals surface area contributed by atoms with Crippen molar-refractivity contribution in [2.24, 2.45) is 0 Å². The van der Waals surface area contributed by atoms with Gasteiger partial charge in [-0.05, 0) is 48.9 Å². The number of fused-ring (bicyclic) bond motifs is 1. The molecule has 0 aliphatic heterocycles. The van der Waals surface area contributed by atoms with Gasteiger partial charge >= 0.3 is 0 Å². The first kappa shape index (κ1) is 14.6. The number of benzene rings is 2. The Morgan fingerprint density at radius 2 is 1.52 bits per heavy atom. The largest absolute Gasteiger partial charge is 0.252 e. The van der Waals surface area contributed by atoms with Crippen LogP contribution >= 0.6 is 15.9 Å². The second-order valence-electron chi connectivity index (χ2n) is 6.04. The third kappa shape index (κ3) is 2.84. The first-order valence-corrected chi connectivity index (χ1v) is 8.95. The summed E-state index contributed by atoms with van der Waals surface area (Å²) in [6.07, 6.45) is 4.78. The summed E-state index contributed by atoms with van der Waals surface area (Å²) in [6.45, 7) is 0. The van der Waals surface area contributed by atoms with Crippen LogP contribution in [-0.4, -0.2) is 4.98 Å². The summed E-state index contributed by atoms with van der Waals surface area (Å²) in [5, 5.41) is 0. The summed E-state index contributed by atoms with van der Waals surface area (Å²) < 4.78 is 1.12. The average molecular weight is 364 g/mol. The van der Waals surface area contributed by atoms with E-state index in [9.17, 15) is 0 Å². The molecule has 0 N–H and O–H groups in total. The first-order chi connectivity index (χ1) is 11.3. The number of aryl methyl sites for hydroxylation is 2. The van der Waals surface area contributed by atoms with Crippen molar-refractivity contribution in [1.82, 2.24) is 4.98 Å². The van der Waals surface area contributed by atoms with Crippen molar-refractivity contribution in [1.29, 1.82) is 0 Å². The van der Waals surface area contributed by atoms with Crippen LogP contribution in [0.25, 0.3) is 22.4 Å². The van der Waals surface area contributed by atoms with Crippen LogP contribution in [0.4, 0.5) is 0 Å². The van der Waals surface area contributed by atoms with Crippen molar-refractivity contribution in [2.45, 2.75) is 25.7 Å². The van der Waals surface area contributed by atoms with E-state index in [1.54, 1.807) is 0 Å². The Morgan fingerprint density at radius 1 is 0.783 bits per heavy atom. The van der Waals surface area contributed by atoms with E-state index >= 15 is 0 Å². The van der Waals surface area contributed by atoms with Crippen molar-refractivity contribution >= 4 is 15.9 Å². The molecule has 114 valence electrons. The number of hydrogen-bond donors (Lipinski definition) is 0. The number of pyridine rings is 1. The molecule has 1 heterocycles. The predicted octanol–water partition coefficient (Wildman–Crippen LogP) is 6.06. The zero-order valence-electron chi connectivity index (χ0n) is 12.9. The normalized spacial score (nSPS) is 13.6. The molecule has 0 amide bonds. The van der Waals surface area contributed by atoms with Gasteiger partial charge in [-0.15, -0.1) is 0 Å². The molecule has 1 aliphatic carbocycles. The molecule has 0 spiro atoms. The van der Waals surface area contributed by atoms with Gasteiger partial charge in [-0.1, -0.05) is 64.5 Å². The van der Waals surface area contributed by atoms with Crippen LogP contribution in [0.2, 0.25) is 0 Å². The number of rotatable bonds is 2. The Labute approximate surface area is 145 Å². The maximum absolute atomic E-state index is 5.08. The zero-order chi connectivity index (χ0) is 15.6. The van der Waals surface area contributed by atoms with Gasteiger partial charge < -0.3 is 0 Å². The van der Waals surface area contributed by atoms with E-state index in [0.717, 1.165) is 23.0 Å². The molecule has 0 unspecified atom stereocenters. The standard InChI is InChI=1S/C21H18BrN/c22-19-12-6-5-11-17(19)18-14-16-10-4-7-13-20(16)23-21(18)15-8-2-1-3-9-15/h1-3,5-6,8-9,11-12,14H,4,7,10,13H2. The maximum Gasteiger partial charge on any atom is 0.0784 e. The molecule has 3 aromatic rings. The average Bonchev–Trinajstić information content (AvgIpc) is 2.62. The SMILES string of the molecule is Brc1ccccc1-c1cc2c(nc1-c1ccccc1)CCCC2. The van der Waals surface area contributed by atoms with Crippen LogP contribution in [0.3, 0.4) is 0 Å². The summed E-state index contributed by atoms with van der Waals surface area (Å²) in [6, 6.07) is 21.3. The van der Waals surface area contributed by atoms with Crippen molar-refractivity contribution in [3.8, 4) is 22.4 Å². The Balaban J connectivity index is 1.98. The summed E-state index contributed by atoms with van der Waals surface area (Å²) in [5.74, 6) is 0. The molecule has 0 bridgehead atoms. The van der Waals surface area contributed by atoms with Crippen molar-refractivity contribution in [3.63, 3.8) is 0 Å². The van der Waals surface area contributed by atoms with Gasteiger partial charge in [-0.2, -0.15) is 0 Å². The van der Waals surface area contributed by atoms with Gasteiger partial charge in [0.1, 0.15) is 0 Å². The van der Waals surface area contributed by atoms with Crippen LogP contribution < -0.4 is 0 Å². The number of hydrogen-bond acceptors (Lipinski definition) is 1. The molecule has 0 saturated carbocycles. The van der Waals surface area contributed by atoms with Crippen LogP contribution in [-0.2, 0) is 12.8 Å². The van der Waals surface area contributed by atoms with E-state index in [1.165, 1.54) is 40.8 Å². The highest BCUT2D eigenvalue weighted by molar-refractivity contribution is 9.10. The van der Waals surface area contributed by atoms with Gasteiger partial charge in [0.05, 0.1) is 5.69 Å². The number of halogens is 1. The zero-order valence-corrected chi connectivity index (χ0v) is 14.5. The molecule has 0 radical (unpaired) electrons. The number of aromatic nitrogens is 1. The molecule has 4 rings (SSSR count). The van der Waals surface area contributed by atoms with Gasteiger partial charge in [-0.25, -0.2) is 0 Å². The molecular formula is C21H18BrN. The van der Waals surface area contributed by atoms with E-state index in [4.69, 9.17) is 4.98 Å². The molecule has 0 atom stereocenters. The van der Waals surface area contributed by atoms with Crippen LogP contribution in [0.5, 0.6) is 0 Å². The van der Waals surface area contributed by atoms with E-state index in [1.807, 2.05) is 0 Å². The van der Waals surface area contributed by atoms with Crippen molar-refractivity contribution in [2.75, 3.05) is 0 Å². The third-order valence-corrected chi connectivity index (χ3v) is 5.20. The first-order valence-electron chi connectivity index (χ1n) is 8.16. The Hall–Kier alpha value is -1.93. The minimum atomic E-state index is 1.10. The monoisotopic (exact) mass is 363 g/mol. The summed E-state index contributed by atoms with van der Waals surface area (Å²) in [7, 11) is 0. The minimum absolute atomic E-state index is 1.10. The lowest BCUT2D eigenvalue weighted by molar-refractivity contribution is 0.669. The highest BCUT2D eigenvalue weighted by Gasteiger charge is 2.18. The Morgan fingerprint density at radius 3 is 2.35 bits per heavy atom. The van der Waals surface area contributed by atoms with Crippen LogP contribution in [0.15, 0.2) is 65.1 Å². The molecule has 2 aromatic carbocycles. The van der Waals surface area contributed by atoms with Gasteiger partial charge in [0.15, 0.2) is 0 Å². The fourth-order valence-electron chi connectivity index (χ4n) is 3.33. The fourth-order valence-corrected chi connectivity index (χ4v) is 3.83. The van der Waals surface area contributed by atoms with Gasteiger partial charge in [0, 0.05) is 21.3 Å². The minimum Gasteiger partial charge on any atom is -0.252 e.